The number of hydrogen-bond donors (Lipinski definition) is 1. The summed E-state index contributed by atoms with van der Waals surface area (Å²) in [5, 5.41) is 22.7. The minimum atomic E-state index is -1.13. The van der Waals surface area contributed by atoms with Gasteiger partial charge in [0.25, 0.3) is 0 Å². The largest absolute Gasteiger partial charge is 0.497 e. The highest BCUT2D eigenvalue weighted by Gasteiger charge is 2.19. The summed E-state index contributed by atoms with van der Waals surface area (Å²) >= 11 is 6.26. The number of carbonyl (C=O) groups is 1. The standard InChI is InChI=1S/C19H17ClN6O3/c1-11-16-17(20)15(19(27)28)7-21-18(16)26(23-11)10-13-9-25(24-22-13)8-12-3-5-14(29-2)6-4-12/h3-7,9H,8,10H2,1-2H3,(H,27,28). The molecule has 10 heteroatoms. The first-order valence-electron chi connectivity index (χ1n) is 8.73. The van der Waals surface area contributed by atoms with Crippen molar-refractivity contribution >= 4 is 28.6 Å². The number of nitrogens with zero attached hydrogens (tertiary/aromatic N) is 6. The number of aryl methyl sites for hydroxylation is 1. The number of methoxy groups -OCH3 is 1. The Balaban J connectivity index is 1.57. The van der Waals surface area contributed by atoms with Crippen molar-refractivity contribution in [2.24, 2.45) is 0 Å². The van der Waals surface area contributed by atoms with Crippen LogP contribution in [0.2, 0.25) is 5.02 Å². The molecule has 0 unspecified atom stereocenters. The number of ether oxygens (including phenoxy) is 1. The van der Waals surface area contributed by atoms with E-state index in [0.29, 0.717) is 35.5 Å². The minimum Gasteiger partial charge on any atom is -0.497 e. The molecule has 148 valence electrons. The van der Waals surface area contributed by atoms with Crippen molar-refractivity contribution in [3.8, 4) is 5.75 Å². The molecule has 0 radical (unpaired) electrons. The zero-order valence-electron chi connectivity index (χ0n) is 15.7. The lowest BCUT2D eigenvalue weighted by Gasteiger charge is -2.03. The van der Waals surface area contributed by atoms with Crippen molar-refractivity contribution in [2.45, 2.75) is 20.0 Å². The van der Waals surface area contributed by atoms with Gasteiger partial charge < -0.3 is 9.84 Å². The molecule has 0 bridgehead atoms. The fourth-order valence-corrected chi connectivity index (χ4v) is 3.44. The summed E-state index contributed by atoms with van der Waals surface area (Å²) in [6, 6.07) is 7.73. The van der Waals surface area contributed by atoms with Crippen molar-refractivity contribution in [1.82, 2.24) is 29.8 Å². The molecule has 0 atom stereocenters. The average molecular weight is 413 g/mol. The van der Waals surface area contributed by atoms with Gasteiger partial charge >= 0.3 is 5.97 Å². The predicted octanol–water partition coefficient (Wildman–Crippen LogP) is 2.79. The van der Waals surface area contributed by atoms with E-state index in [4.69, 9.17) is 16.3 Å². The minimum absolute atomic E-state index is 0.0488. The molecule has 1 aromatic carbocycles. The molecule has 4 rings (SSSR count). The van der Waals surface area contributed by atoms with Gasteiger partial charge in [-0.15, -0.1) is 5.10 Å². The summed E-state index contributed by atoms with van der Waals surface area (Å²) in [5.41, 5.74) is 2.82. The molecule has 0 aliphatic carbocycles. The molecule has 0 saturated heterocycles. The molecular formula is C19H17ClN6O3. The molecule has 9 nitrogen and oxygen atoms in total. The Kier molecular flexibility index (Phi) is 4.89. The average Bonchev–Trinajstić information content (AvgIpc) is 3.27. The maximum Gasteiger partial charge on any atom is 0.338 e. The third-order valence-corrected chi connectivity index (χ3v) is 4.90. The highest BCUT2D eigenvalue weighted by molar-refractivity contribution is 6.38. The first-order chi connectivity index (χ1) is 14.0. The number of aromatic nitrogens is 6. The van der Waals surface area contributed by atoms with Crippen molar-refractivity contribution in [1.29, 1.82) is 0 Å². The van der Waals surface area contributed by atoms with Crippen LogP contribution in [0, 0.1) is 6.92 Å². The Bertz CT molecular complexity index is 1200. The summed E-state index contributed by atoms with van der Waals surface area (Å²) in [4.78, 5) is 15.5. The maximum absolute atomic E-state index is 11.3. The Labute approximate surface area is 170 Å². The van der Waals surface area contributed by atoms with Gasteiger partial charge in [-0.3, -0.25) is 0 Å². The quantitative estimate of drug-likeness (QED) is 0.518. The van der Waals surface area contributed by atoms with E-state index in [-0.39, 0.29) is 10.6 Å². The van der Waals surface area contributed by atoms with Crippen LogP contribution in [0.4, 0.5) is 0 Å². The van der Waals surface area contributed by atoms with E-state index in [1.54, 1.807) is 23.4 Å². The van der Waals surface area contributed by atoms with Crippen LogP contribution in [0.1, 0.15) is 27.3 Å². The van der Waals surface area contributed by atoms with Gasteiger partial charge in [-0.2, -0.15) is 5.10 Å². The molecule has 0 saturated carbocycles. The lowest BCUT2D eigenvalue weighted by Crippen LogP contribution is -2.04. The van der Waals surface area contributed by atoms with E-state index in [0.717, 1.165) is 11.3 Å². The van der Waals surface area contributed by atoms with Gasteiger partial charge in [0, 0.05) is 6.20 Å². The van der Waals surface area contributed by atoms with Gasteiger partial charge in [-0.25, -0.2) is 19.1 Å². The number of hydrogen-bond acceptors (Lipinski definition) is 6. The Hall–Kier alpha value is -3.46. The molecule has 0 amide bonds. The second-order valence-corrected chi connectivity index (χ2v) is 6.87. The molecule has 0 fully saturated rings. The molecule has 3 heterocycles. The number of pyridine rings is 1. The lowest BCUT2D eigenvalue weighted by atomic mass is 10.2. The number of benzene rings is 1. The summed E-state index contributed by atoms with van der Waals surface area (Å²) in [6.45, 7) is 2.67. The van der Waals surface area contributed by atoms with Gasteiger partial charge in [0.15, 0.2) is 5.65 Å². The first-order valence-corrected chi connectivity index (χ1v) is 9.11. The van der Waals surface area contributed by atoms with E-state index in [9.17, 15) is 9.90 Å². The van der Waals surface area contributed by atoms with Crippen LogP contribution >= 0.6 is 11.6 Å². The number of fused-ring (bicyclic) bond motifs is 1. The second kappa shape index (κ2) is 7.51. The molecule has 1 N–H and O–H groups in total. The zero-order chi connectivity index (χ0) is 20.5. The third-order valence-electron chi connectivity index (χ3n) is 4.50. The van der Waals surface area contributed by atoms with Gasteiger partial charge in [-0.1, -0.05) is 28.9 Å². The maximum atomic E-state index is 11.3. The van der Waals surface area contributed by atoms with Gasteiger partial charge in [0.1, 0.15) is 11.4 Å². The highest BCUT2D eigenvalue weighted by Crippen LogP contribution is 2.28. The summed E-state index contributed by atoms with van der Waals surface area (Å²) in [7, 11) is 1.63. The van der Waals surface area contributed by atoms with Crippen molar-refractivity contribution < 1.29 is 14.6 Å². The van der Waals surface area contributed by atoms with E-state index in [1.165, 1.54) is 6.20 Å². The van der Waals surface area contributed by atoms with Gasteiger partial charge in [0.2, 0.25) is 0 Å². The predicted molar refractivity (Wildman–Crippen MR) is 105 cm³/mol. The van der Waals surface area contributed by atoms with E-state index >= 15 is 0 Å². The number of halogens is 1. The Morgan fingerprint density at radius 1 is 1.24 bits per heavy atom. The smallest absolute Gasteiger partial charge is 0.338 e. The van der Waals surface area contributed by atoms with Crippen LogP contribution in [-0.4, -0.2) is 47.9 Å². The SMILES string of the molecule is COc1ccc(Cn2cc(Cn3nc(C)c4c(Cl)c(C(=O)O)cnc43)nn2)cc1. The molecule has 0 spiro atoms. The highest BCUT2D eigenvalue weighted by atomic mass is 35.5. The third kappa shape index (κ3) is 3.64. The van der Waals surface area contributed by atoms with Gasteiger partial charge in [-0.05, 0) is 24.6 Å². The van der Waals surface area contributed by atoms with Crippen molar-refractivity contribution in [3.05, 3.63) is 64.2 Å². The zero-order valence-corrected chi connectivity index (χ0v) is 16.5. The van der Waals surface area contributed by atoms with Crippen LogP contribution in [0.15, 0.2) is 36.7 Å². The van der Waals surface area contributed by atoms with Crippen LogP contribution in [0.5, 0.6) is 5.75 Å². The number of rotatable bonds is 6. The second-order valence-electron chi connectivity index (χ2n) is 6.49. The molecule has 4 aromatic rings. The fourth-order valence-electron chi connectivity index (χ4n) is 3.09. The normalized spacial score (nSPS) is 11.1. The van der Waals surface area contributed by atoms with E-state index in [2.05, 4.69) is 20.4 Å². The number of aromatic carboxylic acids is 1. The topological polar surface area (TPSA) is 108 Å². The summed E-state index contributed by atoms with van der Waals surface area (Å²) < 4.78 is 8.54. The van der Waals surface area contributed by atoms with E-state index < -0.39 is 5.97 Å². The molecule has 0 aliphatic heterocycles. The summed E-state index contributed by atoms with van der Waals surface area (Å²) in [5.74, 6) is -0.329. The molecular weight excluding hydrogens is 396 g/mol. The van der Waals surface area contributed by atoms with Crippen LogP contribution in [0.25, 0.3) is 11.0 Å². The van der Waals surface area contributed by atoms with E-state index in [1.807, 2.05) is 30.5 Å². The monoisotopic (exact) mass is 412 g/mol. The summed E-state index contributed by atoms with van der Waals surface area (Å²) in [6.07, 6.45) is 3.07. The van der Waals surface area contributed by atoms with Crippen molar-refractivity contribution in [3.63, 3.8) is 0 Å². The van der Waals surface area contributed by atoms with Gasteiger partial charge in [0.05, 0.1) is 48.1 Å². The van der Waals surface area contributed by atoms with Crippen molar-refractivity contribution in [2.75, 3.05) is 7.11 Å². The number of carboxylic acids is 1. The Morgan fingerprint density at radius 3 is 2.69 bits per heavy atom. The first kappa shape index (κ1) is 18.9. The van der Waals surface area contributed by atoms with Crippen LogP contribution < -0.4 is 4.74 Å². The Morgan fingerprint density at radius 2 is 2.00 bits per heavy atom. The molecule has 0 aliphatic rings. The molecule has 3 aromatic heterocycles. The fraction of sp³-hybridized carbons (Fsp3) is 0.211. The lowest BCUT2D eigenvalue weighted by molar-refractivity contribution is 0.0697. The number of carboxylic acid groups (broad SMARTS) is 1. The van der Waals surface area contributed by atoms with Crippen LogP contribution in [0.3, 0.4) is 0 Å². The van der Waals surface area contributed by atoms with Crippen LogP contribution in [-0.2, 0) is 13.1 Å². The molecule has 29 heavy (non-hydrogen) atoms.